The third-order valence-corrected chi connectivity index (χ3v) is 3.06. The first-order valence-electron chi connectivity index (χ1n) is 21.6. The van der Waals surface area contributed by atoms with E-state index in [0.29, 0.717) is 0 Å². The summed E-state index contributed by atoms with van der Waals surface area (Å²) in [5.74, 6) is 11.4. The van der Waals surface area contributed by atoms with Crippen LogP contribution in [0.2, 0.25) is 40.8 Å². The average Bonchev–Trinajstić information content (AvgIpc) is 3.21. The van der Waals surface area contributed by atoms with E-state index in [1.165, 1.54) is 81.3 Å². The van der Waals surface area contributed by atoms with Gasteiger partial charge in [-0.3, -0.25) is 18.0 Å². The van der Waals surface area contributed by atoms with E-state index in [-0.39, 0.29) is 29.3 Å². The van der Waals surface area contributed by atoms with Gasteiger partial charge in [-0.1, -0.05) is 83.1 Å². The zero-order valence-electron chi connectivity index (χ0n) is 53.9. The zero-order chi connectivity index (χ0) is 66.0. The van der Waals surface area contributed by atoms with Gasteiger partial charge in [-0.25, -0.2) is 8.42 Å². The minimum absolute atomic E-state index is 0.167. The van der Waals surface area contributed by atoms with Crippen molar-refractivity contribution in [1.29, 1.82) is 0 Å². The Morgan fingerprint density at radius 2 is 0.562 bits per heavy atom. The Kier molecular flexibility index (Phi) is 246. The summed E-state index contributed by atoms with van der Waals surface area (Å²) in [6.45, 7) is 35.9. The maximum atomic E-state index is 9.85. The number of rotatable bonds is 2. The SMILES string of the molecule is CC.CC.CC.CC.CC.CC.CC(C)=O.CC(C)=O.CC(C)=O.COC.COC(C)=O.COC(C)=O.COS(C)(=O)=O.CO[Se](C)(=O)=O.CS(C)(=O)=O.CS(C)=O.CSC.C[Se](C)(=O)=O.C[Se](C)=O.C[Se]C. The van der Waals surface area contributed by atoms with Crippen LogP contribution in [0.4, 0.5) is 0 Å². The normalized spacial score (nSPS) is 7.70. The van der Waals surface area contributed by atoms with Crippen molar-refractivity contribution in [1.82, 2.24) is 0 Å². The topological polar surface area (TPSA) is 302 Å². The Hall–Kier alpha value is -0.692. The summed E-state index contributed by atoms with van der Waals surface area (Å²) < 4.78 is 118. The van der Waals surface area contributed by atoms with Crippen LogP contribution in [-0.4, -0.2) is 191 Å². The number of ether oxygens (including phenoxy) is 3. The first kappa shape index (κ1) is 134. The Morgan fingerprint density at radius 1 is 0.521 bits per heavy atom. The fourth-order valence-electron chi connectivity index (χ4n) is 0. The molecular weight excluding hydrogens is 1300 g/mol. The molecule has 0 spiro atoms. The van der Waals surface area contributed by atoms with E-state index in [2.05, 4.69) is 33.9 Å². The molecule has 0 atom stereocenters. The molecule has 0 aromatic heterocycles. The van der Waals surface area contributed by atoms with Crippen molar-refractivity contribution in [3.63, 3.8) is 0 Å². The average molecular weight is 1430 g/mol. The molecule has 0 aliphatic carbocycles. The summed E-state index contributed by atoms with van der Waals surface area (Å²) in [6, 6.07) is 0. The van der Waals surface area contributed by atoms with Crippen molar-refractivity contribution in [2.45, 2.75) is 179 Å². The number of Topliss-reactive ketones (excluding diaryl/α,β-unsaturated/α-hetero) is 3. The minimum atomic E-state index is -3.78. The molecule has 28 heteroatoms. The first-order valence-corrected chi connectivity index (χ1v) is 45.5. The van der Waals surface area contributed by atoms with Crippen molar-refractivity contribution >= 4 is 126 Å². The van der Waals surface area contributed by atoms with Gasteiger partial charge in [0.15, 0.2) is 0 Å². The van der Waals surface area contributed by atoms with Gasteiger partial charge in [0.1, 0.15) is 27.2 Å². The van der Waals surface area contributed by atoms with E-state index in [1.54, 1.807) is 50.1 Å². The van der Waals surface area contributed by atoms with E-state index >= 15 is 0 Å². The molecular formula is C45H120O20S4Se4. The van der Waals surface area contributed by atoms with Gasteiger partial charge in [-0.05, 0) is 54.1 Å². The van der Waals surface area contributed by atoms with Gasteiger partial charge in [-0.2, -0.15) is 20.2 Å². The van der Waals surface area contributed by atoms with E-state index in [1.807, 2.05) is 95.6 Å². The molecule has 0 aromatic rings. The molecule has 0 radical (unpaired) electrons. The number of carbonyl (C=O) groups excluding carboxylic acids is 5. The van der Waals surface area contributed by atoms with Crippen molar-refractivity contribution in [3.05, 3.63) is 0 Å². The number of carbonyl (C=O) groups is 5. The molecule has 0 aliphatic heterocycles. The summed E-state index contributed by atoms with van der Waals surface area (Å²) in [5.41, 5.74) is 0. The molecule has 0 N–H and O–H groups in total. The third kappa shape index (κ3) is 3950. The molecule has 0 bridgehead atoms. The zero-order valence-corrected chi connectivity index (χ0v) is 64.0. The summed E-state index contributed by atoms with van der Waals surface area (Å²) in [4.78, 5) is 47.5. The number of esters is 2. The standard InChI is InChI=1S/2C3H6O2.3C3H6O.C2H6O3S.C2H6O3Se.C2H6O2S.C2H6O2Se.C2H6OS.C2H6OSe.C2H6O.C2H6S.C2H6Se.6C2H6/c2*1-3(4)5-2;3*1-3(2)4;2*1-5-6(2,3)4;2*1-5(2,3)4;2*1-4(2)3;3*1-3-2;6*1-2/h2*1-2H3;3*1-2H3;2*1-2H3;2*1-2H3;2*1-2H3;3*1-2H3;6*1-2H3. The molecule has 0 saturated carbocycles. The number of ketones is 3. The summed E-state index contributed by atoms with van der Waals surface area (Å²) in [7, 11) is 1.78. The third-order valence-electron chi connectivity index (χ3n) is 1.18. The van der Waals surface area contributed by atoms with Crippen LogP contribution in [0.1, 0.15) is 138 Å². The number of thioether (sulfide) groups is 1. The Bertz CT molecular complexity index is 1260. The summed E-state index contributed by atoms with van der Waals surface area (Å²) in [6.07, 6.45) is 10.7. The number of hydrogen-bond acceptors (Lipinski definition) is 21. The predicted octanol–water partition coefficient (Wildman–Crippen LogP) is 10.9. The molecule has 0 unspecified atom stereocenters. The first-order chi connectivity index (χ1) is 32.6. The van der Waals surface area contributed by atoms with Crippen LogP contribution >= 0.6 is 11.8 Å². The van der Waals surface area contributed by atoms with Gasteiger partial charge in [0.05, 0.1) is 27.6 Å². The molecule has 0 aromatic carbocycles. The molecule has 73 heavy (non-hydrogen) atoms. The van der Waals surface area contributed by atoms with Crippen LogP contribution in [0.3, 0.4) is 0 Å². The van der Waals surface area contributed by atoms with Crippen LogP contribution in [0.5, 0.6) is 0 Å². The van der Waals surface area contributed by atoms with Crippen molar-refractivity contribution < 1.29 is 86.4 Å². The van der Waals surface area contributed by atoms with Gasteiger partial charge in [0, 0.05) is 63.9 Å². The van der Waals surface area contributed by atoms with Crippen LogP contribution < -0.4 is 0 Å². The molecule has 0 fully saturated rings. The predicted molar refractivity (Wildman–Crippen MR) is 322 cm³/mol. The van der Waals surface area contributed by atoms with Crippen molar-refractivity contribution in [2.24, 2.45) is 0 Å². The summed E-state index contributed by atoms with van der Waals surface area (Å²) >= 11 is -5.69. The van der Waals surface area contributed by atoms with Gasteiger partial charge in [0.25, 0.3) is 10.1 Å². The Labute approximate surface area is 474 Å². The molecule has 20 nitrogen and oxygen atoms in total. The fraction of sp³-hybridized carbons (Fsp3) is 0.889. The summed E-state index contributed by atoms with van der Waals surface area (Å²) in [5, 5.41) is 0. The van der Waals surface area contributed by atoms with Crippen LogP contribution in [0.15, 0.2) is 0 Å². The fourth-order valence-corrected chi connectivity index (χ4v) is 0. The van der Waals surface area contributed by atoms with E-state index in [4.69, 9.17) is 0 Å². The van der Waals surface area contributed by atoms with Crippen molar-refractivity contribution in [2.75, 3.05) is 86.4 Å². The van der Waals surface area contributed by atoms with Crippen LogP contribution in [0, 0.1) is 0 Å². The van der Waals surface area contributed by atoms with Gasteiger partial charge >= 0.3 is 137 Å². The second kappa shape index (κ2) is 134. The van der Waals surface area contributed by atoms with Crippen LogP contribution in [-0.2, 0) is 96.1 Å². The van der Waals surface area contributed by atoms with E-state index in [9.17, 15) is 64.2 Å². The maximum absolute atomic E-state index is 9.85. The molecule has 468 valence electrons. The Morgan fingerprint density at radius 3 is 0.562 bits per heavy atom. The molecule has 0 saturated heterocycles. The quantitative estimate of drug-likeness (QED) is 0.141. The monoisotopic (exact) mass is 1430 g/mol. The second-order valence-electron chi connectivity index (χ2n) is 10.9. The van der Waals surface area contributed by atoms with E-state index in [0.717, 1.165) is 53.8 Å². The molecule has 0 aliphatic rings. The second-order valence-corrected chi connectivity index (χ2v) is 30.5. The van der Waals surface area contributed by atoms with Gasteiger partial charge in [-0.15, -0.1) is 0 Å². The molecule has 0 rings (SSSR count). The Balaban J connectivity index is -0.0000000227. The van der Waals surface area contributed by atoms with E-state index < -0.39 is 70.3 Å². The molecule has 0 heterocycles. The van der Waals surface area contributed by atoms with Gasteiger partial charge in [0.2, 0.25) is 0 Å². The van der Waals surface area contributed by atoms with Crippen LogP contribution in [0.25, 0.3) is 0 Å². The number of methoxy groups -OCH3 is 3. The van der Waals surface area contributed by atoms with Gasteiger partial charge < -0.3 is 28.6 Å². The van der Waals surface area contributed by atoms with Crippen molar-refractivity contribution in [3.8, 4) is 0 Å². The number of hydrogen-bond donors (Lipinski definition) is 0. The number of sulfone groups is 1. The molecule has 0 amide bonds.